The molecule has 1 heterocycles. The van der Waals surface area contributed by atoms with Gasteiger partial charge in [0.05, 0.1) is 10.6 Å². The van der Waals surface area contributed by atoms with Gasteiger partial charge in [0.15, 0.2) is 5.82 Å². The number of nitrogens with one attached hydrogen (secondary N) is 2. The van der Waals surface area contributed by atoms with Crippen LogP contribution < -0.4 is 16.4 Å². The molecule has 1 aromatic rings. The third-order valence-electron chi connectivity index (χ3n) is 2.09. The summed E-state index contributed by atoms with van der Waals surface area (Å²) in [7, 11) is 1.64. The summed E-state index contributed by atoms with van der Waals surface area (Å²) >= 11 is 3.29. The maximum absolute atomic E-state index is 10.3. The number of thiazole rings is 1. The molecule has 0 unspecified atom stereocenters. The van der Waals surface area contributed by atoms with Crippen molar-refractivity contribution in [2.45, 2.75) is 12.3 Å². The zero-order chi connectivity index (χ0) is 14.1. The van der Waals surface area contributed by atoms with Crippen molar-refractivity contribution in [2.75, 3.05) is 19.3 Å². The maximum Gasteiger partial charge on any atom is 0.274 e. The zero-order valence-corrected chi connectivity index (χ0v) is 13.4. The molecule has 0 aliphatic rings. The summed E-state index contributed by atoms with van der Waals surface area (Å²) in [6, 6.07) is 0. The molecule has 0 fully saturated rings. The van der Waals surface area contributed by atoms with E-state index in [1.807, 2.05) is 5.38 Å². The number of thioether (sulfide) groups is 1. The number of nitro groups is 1. The number of hydrogen-bond donors (Lipinski definition) is 3. The first kappa shape index (κ1) is 19.0. The number of aromatic nitrogens is 1. The molecule has 0 radical (unpaired) electrons. The second-order valence-corrected chi connectivity index (χ2v) is 5.54. The predicted octanol–water partition coefficient (Wildman–Crippen LogP) is 1.14. The van der Waals surface area contributed by atoms with Gasteiger partial charge in [-0.3, -0.25) is 10.1 Å². The molecule has 0 aliphatic heterocycles. The van der Waals surface area contributed by atoms with Crippen molar-refractivity contribution in [3.8, 4) is 0 Å². The summed E-state index contributed by atoms with van der Waals surface area (Å²) in [6.07, 6.45) is 0.915. The Balaban J connectivity index is 0.00000361. The fourth-order valence-corrected chi connectivity index (χ4v) is 2.78. The summed E-state index contributed by atoms with van der Waals surface area (Å²) in [6.45, 7) is 1.13. The van der Waals surface area contributed by atoms with Gasteiger partial charge in [0.25, 0.3) is 6.20 Å². The number of rotatable bonds is 9. The molecule has 0 saturated carbocycles. The molecule has 0 aromatic carbocycles. The molecule has 0 atom stereocenters. The van der Waals surface area contributed by atoms with Gasteiger partial charge in [-0.15, -0.1) is 23.7 Å². The number of hydrogen-bond acceptors (Lipinski definition) is 8. The molecule has 0 bridgehead atoms. The van der Waals surface area contributed by atoms with Crippen LogP contribution in [0.2, 0.25) is 0 Å². The number of nitrogens with two attached hydrogens (primary N) is 1. The van der Waals surface area contributed by atoms with Crippen molar-refractivity contribution >= 4 is 35.5 Å². The lowest BCUT2D eigenvalue weighted by atomic mass is 10.6. The van der Waals surface area contributed by atoms with E-state index in [0.717, 1.165) is 28.4 Å². The minimum Gasteiger partial charge on any atom is -0.370 e. The molecule has 1 rings (SSSR count). The van der Waals surface area contributed by atoms with Crippen LogP contribution in [-0.2, 0) is 12.3 Å². The van der Waals surface area contributed by atoms with Crippen LogP contribution in [0.5, 0.6) is 0 Å². The van der Waals surface area contributed by atoms with Crippen molar-refractivity contribution < 1.29 is 4.92 Å². The summed E-state index contributed by atoms with van der Waals surface area (Å²) in [5, 5.41) is 18.9. The Bertz CT molecular complexity index is 441. The van der Waals surface area contributed by atoms with Crippen molar-refractivity contribution in [3.63, 3.8) is 0 Å². The van der Waals surface area contributed by atoms with Crippen LogP contribution in [0.25, 0.3) is 0 Å². The topological polar surface area (TPSA) is 106 Å². The van der Waals surface area contributed by atoms with E-state index in [0.29, 0.717) is 18.9 Å². The fourth-order valence-electron chi connectivity index (χ4n) is 1.25. The molecule has 0 amide bonds. The average molecular weight is 340 g/mol. The molecule has 114 valence electrons. The van der Waals surface area contributed by atoms with E-state index in [9.17, 15) is 10.1 Å². The molecular weight excluding hydrogens is 322 g/mol. The van der Waals surface area contributed by atoms with E-state index in [1.54, 1.807) is 30.1 Å². The number of halogens is 1. The van der Waals surface area contributed by atoms with Crippen LogP contribution in [0, 0.1) is 10.1 Å². The SMILES string of the molecule is CNC(=C[N+](=O)[O-])NCCSCc1csc(CN)n1.Cl. The van der Waals surface area contributed by atoms with Crippen molar-refractivity contribution in [2.24, 2.45) is 5.73 Å². The summed E-state index contributed by atoms with van der Waals surface area (Å²) in [4.78, 5) is 14.2. The first-order valence-corrected chi connectivity index (χ1v) is 7.67. The highest BCUT2D eigenvalue weighted by molar-refractivity contribution is 7.98. The van der Waals surface area contributed by atoms with E-state index in [4.69, 9.17) is 5.73 Å². The summed E-state index contributed by atoms with van der Waals surface area (Å²) < 4.78 is 0. The van der Waals surface area contributed by atoms with Gasteiger partial charge in [-0.25, -0.2) is 4.98 Å². The van der Waals surface area contributed by atoms with Gasteiger partial charge in [-0.1, -0.05) is 0 Å². The Kier molecular flexibility index (Phi) is 10.2. The highest BCUT2D eigenvalue weighted by atomic mass is 35.5. The van der Waals surface area contributed by atoms with Gasteiger partial charge < -0.3 is 16.4 Å². The lowest BCUT2D eigenvalue weighted by molar-refractivity contribution is -0.404. The zero-order valence-electron chi connectivity index (χ0n) is 11.0. The minimum atomic E-state index is -0.490. The lowest BCUT2D eigenvalue weighted by Gasteiger charge is -2.06. The van der Waals surface area contributed by atoms with Gasteiger partial charge >= 0.3 is 0 Å². The van der Waals surface area contributed by atoms with E-state index in [2.05, 4.69) is 15.6 Å². The van der Waals surface area contributed by atoms with Gasteiger partial charge in [-0.05, 0) is 0 Å². The van der Waals surface area contributed by atoms with Crippen LogP contribution >= 0.6 is 35.5 Å². The lowest BCUT2D eigenvalue weighted by Crippen LogP contribution is -2.26. The normalized spacial score (nSPS) is 10.8. The first-order chi connectivity index (χ1) is 9.15. The molecule has 0 saturated heterocycles. The standard InChI is InChI=1S/C10H17N5O2S2.ClH/c1-12-9(5-15(16)17)13-2-3-18-6-8-7-19-10(4-11)14-8;/h5,7,12-13H,2-4,6,11H2,1H3;1H. The summed E-state index contributed by atoms with van der Waals surface area (Å²) in [5.74, 6) is 2.07. The third-order valence-corrected chi connectivity index (χ3v) is 4.00. The van der Waals surface area contributed by atoms with Crippen LogP contribution in [-0.4, -0.2) is 29.3 Å². The first-order valence-electron chi connectivity index (χ1n) is 5.63. The van der Waals surface area contributed by atoms with Gasteiger partial charge in [0.2, 0.25) is 0 Å². The van der Waals surface area contributed by atoms with E-state index in [-0.39, 0.29) is 12.4 Å². The molecule has 10 heteroatoms. The Labute approximate surface area is 132 Å². The molecular formula is C10H18ClN5O2S2. The Morgan fingerprint density at radius 3 is 3.00 bits per heavy atom. The largest absolute Gasteiger partial charge is 0.370 e. The van der Waals surface area contributed by atoms with Crippen molar-refractivity contribution in [1.82, 2.24) is 15.6 Å². The highest BCUT2D eigenvalue weighted by Crippen LogP contribution is 2.15. The average Bonchev–Trinajstić information content (AvgIpc) is 2.84. The van der Waals surface area contributed by atoms with Crippen molar-refractivity contribution in [3.05, 3.63) is 38.2 Å². The Morgan fingerprint density at radius 2 is 2.45 bits per heavy atom. The number of nitrogens with zero attached hydrogens (tertiary/aromatic N) is 2. The smallest absolute Gasteiger partial charge is 0.274 e. The Hall–Kier alpha value is -1.03. The molecule has 7 nitrogen and oxygen atoms in total. The molecule has 0 aliphatic carbocycles. The predicted molar refractivity (Wildman–Crippen MR) is 85.6 cm³/mol. The monoisotopic (exact) mass is 339 g/mol. The van der Waals surface area contributed by atoms with Gasteiger partial charge in [0, 0.05) is 37.0 Å². The highest BCUT2D eigenvalue weighted by Gasteiger charge is 2.02. The molecule has 20 heavy (non-hydrogen) atoms. The molecule has 1 aromatic heterocycles. The Morgan fingerprint density at radius 1 is 1.70 bits per heavy atom. The fraction of sp³-hybridized carbons (Fsp3) is 0.500. The minimum absolute atomic E-state index is 0. The van der Waals surface area contributed by atoms with Crippen LogP contribution in [0.4, 0.5) is 0 Å². The van der Waals surface area contributed by atoms with Gasteiger partial charge in [0.1, 0.15) is 5.01 Å². The summed E-state index contributed by atoms with van der Waals surface area (Å²) in [5.41, 5.74) is 6.52. The third kappa shape index (κ3) is 7.53. The second kappa shape index (κ2) is 10.7. The molecule has 0 spiro atoms. The maximum atomic E-state index is 10.3. The van der Waals surface area contributed by atoms with Crippen LogP contribution in [0.15, 0.2) is 17.4 Å². The second-order valence-electron chi connectivity index (χ2n) is 3.49. The molecule has 4 N–H and O–H groups in total. The quantitative estimate of drug-likeness (QED) is 0.352. The van der Waals surface area contributed by atoms with E-state index >= 15 is 0 Å². The van der Waals surface area contributed by atoms with Gasteiger partial charge in [-0.2, -0.15) is 11.8 Å². The van der Waals surface area contributed by atoms with E-state index in [1.165, 1.54) is 0 Å². The van der Waals surface area contributed by atoms with Crippen LogP contribution in [0.1, 0.15) is 10.7 Å². The van der Waals surface area contributed by atoms with Crippen molar-refractivity contribution in [1.29, 1.82) is 0 Å². The van der Waals surface area contributed by atoms with E-state index < -0.39 is 4.92 Å². The van der Waals surface area contributed by atoms with Crippen LogP contribution in [0.3, 0.4) is 0 Å².